The molecular formula is C21H21N3O3S. The minimum Gasteiger partial charge on any atom is -0.355 e. The van der Waals surface area contributed by atoms with Crippen molar-refractivity contribution in [2.24, 2.45) is 0 Å². The van der Waals surface area contributed by atoms with Crippen molar-refractivity contribution in [3.63, 3.8) is 0 Å². The summed E-state index contributed by atoms with van der Waals surface area (Å²) in [6, 6.07) is 21.0. The number of carbonyl (C=O) groups excluding carboxylic acids is 1. The van der Waals surface area contributed by atoms with Crippen LogP contribution in [0.2, 0.25) is 0 Å². The number of rotatable bonds is 6. The normalized spacial score (nSPS) is 10.9. The van der Waals surface area contributed by atoms with Gasteiger partial charge in [0, 0.05) is 29.7 Å². The van der Waals surface area contributed by atoms with E-state index in [2.05, 4.69) is 15.4 Å². The Morgan fingerprint density at radius 2 is 1.43 bits per heavy atom. The molecule has 0 aromatic heterocycles. The molecule has 3 rings (SSSR count). The van der Waals surface area contributed by atoms with Crippen molar-refractivity contribution in [1.82, 2.24) is 0 Å². The number of amides is 1. The molecule has 0 radical (unpaired) electrons. The van der Waals surface area contributed by atoms with Crippen LogP contribution in [-0.2, 0) is 14.8 Å². The van der Waals surface area contributed by atoms with E-state index in [1.165, 1.54) is 6.92 Å². The Morgan fingerprint density at radius 3 is 2.11 bits per heavy atom. The van der Waals surface area contributed by atoms with Gasteiger partial charge in [0.15, 0.2) is 0 Å². The third kappa shape index (κ3) is 5.11. The van der Waals surface area contributed by atoms with Gasteiger partial charge in [0.1, 0.15) is 0 Å². The highest BCUT2D eigenvalue weighted by Crippen LogP contribution is 2.23. The van der Waals surface area contributed by atoms with E-state index in [4.69, 9.17) is 0 Å². The molecule has 0 aliphatic carbocycles. The number of nitrogens with one attached hydrogen (secondary N) is 3. The zero-order valence-corrected chi connectivity index (χ0v) is 16.4. The average molecular weight is 395 g/mol. The lowest BCUT2D eigenvalue weighted by molar-refractivity contribution is -0.114. The summed E-state index contributed by atoms with van der Waals surface area (Å²) in [5, 5.41) is 5.95. The van der Waals surface area contributed by atoms with E-state index in [0.29, 0.717) is 11.4 Å². The van der Waals surface area contributed by atoms with Crippen LogP contribution >= 0.6 is 0 Å². The van der Waals surface area contributed by atoms with Crippen LogP contribution in [0.25, 0.3) is 0 Å². The molecule has 0 spiro atoms. The van der Waals surface area contributed by atoms with Crippen molar-refractivity contribution in [2.75, 3.05) is 15.4 Å². The first kappa shape index (κ1) is 19.4. The van der Waals surface area contributed by atoms with Crippen LogP contribution in [0, 0.1) is 6.92 Å². The molecule has 144 valence electrons. The molecule has 0 aliphatic heterocycles. The highest BCUT2D eigenvalue weighted by Gasteiger charge is 2.14. The summed E-state index contributed by atoms with van der Waals surface area (Å²) >= 11 is 0. The monoisotopic (exact) mass is 395 g/mol. The van der Waals surface area contributed by atoms with Crippen LogP contribution in [0.4, 0.5) is 22.7 Å². The molecule has 0 heterocycles. The smallest absolute Gasteiger partial charge is 0.261 e. The van der Waals surface area contributed by atoms with Gasteiger partial charge in [-0.2, -0.15) is 0 Å². The molecule has 28 heavy (non-hydrogen) atoms. The SMILES string of the molecule is CC(=O)Nc1cccc(Nc2ccc(NS(=O)(=O)c3cccc(C)c3)cc2)c1. The van der Waals surface area contributed by atoms with E-state index in [0.717, 1.165) is 16.9 Å². The van der Waals surface area contributed by atoms with Gasteiger partial charge >= 0.3 is 0 Å². The van der Waals surface area contributed by atoms with E-state index in [1.54, 1.807) is 48.5 Å². The maximum absolute atomic E-state index is 12.5. The Balaban J connectivity index is 1.71. The molecule has 0 bridgehead atoms. The fraction of sp³-hybridized carbons (Fsp3) is 0.0952. The van der Waals surface area contributed by atoms with Crippen LogP contribution in [0.3, 0.4) is 0 Å². The van der Waals surface area contributed by atoms with Gasteiger partial charge in [0.05, 0.1) is 4.90 Å². The molecule has 7 heteroatoms. The van der Waals surface area contributed by atoms with Crippen molar-refractivity contribution in [1.29, 1.82) is 0 Å². The molecule has 0 saturated carbocycles. The number of anilines is 4. The fourth-order valence-electron chi connectivity index (χ4n) is 2.66. The lowest BCUT2D eigenvalue weighted by Gasteiger charge is -2.11. The van der Waals surface area contributed by atoms with Gasteiger partial charge < -0.3 is 10.6 Å². The molecule has 1 amide bonds. The first-order chi connectivity index (χ1) is 13.3. The summed E-state index contributed by atoms with van der Waals surface area (Å²) in [6.07, 6.45) is 0. The second-order valence-corrected chi connectivity index (χ2v) is 8.07. The summed E-state index contributed by atoms with van der Waals surface area (Å²) in [5.74, 6) is -0.137. The first-order valence-electron chi connectivity index (χ1n) is 8.66. The zero-order chi connectivity index (χ0) is 20.1. The fourth-order valence-corrected chi connectivity index (χ4v) is 3.83. The van der Waals surface area contributed by atoms with E-state index in [9.17, 15) is 13.2 Å². The molecular weight excluding hydrogens is 374 g/mol. The number of hydrogen-bond acceptors (Lipinski definition) is 4. The lowest BCUT2D eigenvalue weighted by Crippen LogP contribution is -2.13. The summed E-state index contributed by atoms with van der Waals surface area (Å²) < 4.78 is 27.6. The minimum atomic E-state index is -3.64. The zero-order valence-electron chi connectivity index (χ0n) is 15.6. The maximum atomic E-state index is 12.5. The molecule has 3 N–H and O–H groups in total. The van der Waals surface area contributed by atoms with Gasteiger partial charge in [-0.3, -0.25) is 9.52 Å². The molecule has 0 aliphatic rings. The highest BCUT2D eigenvalue weighted by atomic mass is 32.2. The predicted octanol–water partition coefficient (Wildman–Crippen LogP) is 4.50. The second-order valence-electron chi connectivity index (χ2n) is 6.39. The third-order valence-electron chi connectivity index (χ3n) is 3.91. The third-order valence-corrected chi connectivity index (χ3v) is 5.29. The molecule has 0 saturated heterocycles. The summed E-state index contributed by atoms with van der Waals surface area (Å²) in [5.41, 5.74) is 3.64. The van der Waals surface area contributed by atoms with Crippen molar-refractivity contribution < 1.29 is 13.2 Å². The standard InChI is InChI=1S/C21H21N3O3S/c1-15-5-3-8-21(13-15)28(26,27)24-18-11-9-17(10-12-18)23-20-7-4-6-19(14-20)22-16(2)25/h3-14,23-24H,1-2H3,(H,22,25). The van der Waals surface area contributed by atoms with Gasteiger partial charge in [-0.1, -0.05) is 18.2 Å². The minimum absolute atomic E-state index is 0.137. The highest BCUT2D eigenvalue weighted by molar-refractivity contribution is 7.92. The van der Waals surface area contributed by atoms with E-state index >= 15 is 0 Å². The van der Waals surface area contributed by atoms with Crippen LogP contribution in [-0.4, -0.2) is 14.3 Å². The van der Waals surface area contributed by atoms with Crippen LogP contribution in [0.5, 0.6) is 0 Å². The number of benzene rings is 3. The quantitative estimate of drug-likeness (QED) is 0.574. The predicted molar refractivity (Wildman–Crippen MR) is 112 cm³/mol. The number of carbonyl (C=O) groups is 1. The van der Waals surface area contributed by atoms with Gasteiger partial charge in [0.2, 0.25) is 5.91 Å². The van der Waals surface area contributed by atoms with E-state index in [1.807, 2.05) is 31.2 Å². The Kier molecular flexibility index (Phi) is 5.65. The Morgan fingerprint density at radius 1 is 0.786 bits per heavy atom. The second kappa shape index (κ2) is 8.14. The van der Waals surface area contributed by atoms with Crippen LogP contribution in [0.15, 0.2) is 77.7 Å². The molecule has 0 atom stereocenters. The molecule has 3 aromatic carbocycles. The van der Waals surface area contributed by atoms with E-state index in [-0.39, 0.29) is 10.8 Å². The van der Waals surface area contributed by atoms with Gasteiger partial charge in [-0.05, 0) is 67.1 Å². The number of hydrogen-bond donors (Lipinski definition) is 3. The maximum Gasteiger partial charge on any atom is 0.261 e. The number of aryl methyl sites for hydroxylation is 1. The van der Waals surface area contributed by atoms with Gasteiger partial charge in [-0.25, -0.2) is 8.42 Å². The lowest BCUT2D eigenvalue weighted by atomic mass is 10.2. The Hall–Kier alpha value is -3.32. The first-order valence-corrected chi connectivity index (χ1v) is 10.1. The van der Waals surface area contributed by atoms with Crippen LogP contribution in [0.1, 0.15) is 12.5 Å². The topological polar surface area (TPSA) is 87.3 Å². The number of sulfonamides is 1. The van der Waals surface area contributed by atoms with Crippen LogP contribution < -0.4 is 15.4 Å². The molecule has 6 nitrogen and oxygen atoms in total. The summed E-state index contributed by atoms with van der Waals surface area (Å²) in [4.78, 5) is 11.4. The van der Waals surface area contributed by atoms with Crippen molar-refractivity contribution >= 4 is 38.7 Å². The molecule has 0 fully saturated rings. The van der Waals surface area contributed by atoms with Crippen molar-refractivity contribution in [3.8, 4) is 0 Å². The van der Waals surface area contributed by atoms with Crippen molar-refractivity contribution in [3.05, 3.63) is 78.4 Å². The Bertz CT molecular complexity index is 1090. The van der Waals surface area contributed by atoms with Gasteiger partial charge in [0.25, 0.3) is 10.0 Å². The molecule has 3 aromatic rings. The van der Waals surface area contributed by atoms with Crippen molar-refractivity contribution in [2.45, 2.75) is 18.7 Å². The van der Waals surface area contributed by atoms with E-state index < -0.39 is 10.0 Å². The van der Waals surface area contributed by atoms with Gasteiger partial charge in [-0.15, -0.1) is 0 Å². The summed E-state index contributed by atoms with van der Waals surface area (Å²) in [6.45, 7) is 3.30. The molecule has 0 unspecified atom stereocenters. The average Bonchev–Trinajstić information content (AvgIpc) is 2.63. The largest absolute Gasteiger partial charge is 0.355 e. The Labute approximate surface area is 164 Å². The summed E-state index contributed by atoms with van der Waals surface area (Å²) in [7, 11) is -3.64.